The quantitative estimate of drug-likeness (QED) is 0.640. The van der Waals surface area contributed by atoms with E-state index in [0.717, 1.165) is 0 Å². The lowest BCUT2D eigenvalue weighted by molar-refractivity contribution is -0.138. The molecule has 0 aromatic heterocycles. The predicted octanol–water partition coefficient (Wildman–Crippen LogP) is -0.582. The number of carboxylic acid groups (broad SMARTS) is 1. The van der Waals surface area contributed by atoms with Crippen molar-refractivity contribution in [3.05, 3.63) is 29.8 Å². The summed E-state index contributed by atoms with van der Waals surface area (Å²) in [6, 6.07) is 3.90. The van der Waals surface area contributed by atoms with E-state index in [0.29, 0.717) is 5.56 Å². The Morgan fingerprint density at radius 1 is 1.27 bits per heavy atom. The molecule has 0 saturated carbocycles. The third-order valence-electron chi connectivity index (χ3n) is 1.83. The van der Waals surface area contributed by atoms with Gasteiger partial charge in [0.2, 0.25) is 10.0 Å². The van der Waals surface area contributed by atoms with E-state index in [4.69, 9.17) is 16.0 Å². The van der Waals surface area contributed by atoms with Gasteiger partial charge in [-0.3, -0.25) is 4.79 Å². The number of benzene rings is 1. The van der Waals surface area contributed by atoms with Gasteiger partial charge >= 0.3 is 5.97 Å². The molecular formula is C8H10N2O4S. The first kappa shape index (κ1) is 11.6. The van der Waals surface area contributed by atoms with E-state index >= 15 is 0 Å². The van der Waals surface area contributed by atoms with Crippen molar-refractivity contribution in [3.8, 4) is 0 Å². The second-order valence-corrected chi connectivity index (χ2v) is 4.49. The molecule has 0 bridgehead atoms. The summed E-state index contributed by atoms with van der Waals surface area (Å²) in [5, 5.41) is 13.5. The van der Waals surface area contributed by atoms with Crippen LogP contribution in [0, 0.1) is 0 Å². The van der Waals surface area contributed by atoms with Crippen LogP contribution in [0.3, 0.4) is 0 Å². The van der Waals surface area contributed by atoms with Gasteiger partial charge < -0.3 is 10.8 Å². The number of carbonyl (C=O) groups is 1. The van der Waals surface area contributed by atoms with Gasteiger partial charge in [-0.05, 0) is 17.7 Å². The van der Waals surface area contributed by atoms with Crippen molar-refractivity contribution < 1.29 is 18.3 Å². The molecule has 0 radical (unpaired) electrons. The largest absolute Gasteiger partial charge is 0.480 e. The Bertz CT molecular complexity index is 466. The number of hydrogen-bond donors (Lipinski definition) is 3. The van der Waals surface area contributed by atoms with Crippen LogP contribution in [-0.4, -0.2) is 19.5 Å². The van der Waals surface area contributed by atoms with E-state index < -0.39 is 22.0 Å². The molecule has 0 saturated heterocycles. The average Bonchev–Trinajstić information content (AvgIpc) is 2.15. The highest BCUT2D eigenvalue weighted by Crippen LogP contribution is 2.13. The van der Waals surface area contributed by atoms with Crippen LogP contribution in [0.15, 0.2) is 29.2 Å². The minimum absolute atomic E-state index is 0.0798. The minimum atomic E-state index is -3.75. The van der Waals surface area contributed by atoms with Crippen molar-refractivity contribution in [1.82, 2.24) is 0 Å². The van der Waals surface area contributed by atoms with Gasteiger partial charge in [0.1, 0.15) is 6.04 Å². The topological polar surface area (TPSA) is 123 Å². The lowest BCUT2D eigenvalue weighted by Gasteiger charge is -2.06. The molecular weight excluding hydrogens is 220 g/mol. The van der Waals surface area contributed by atoms with E-state index in [1.165, 1.54) is 24.3 Å². The SMILES string of the molecule is NC(C(=O)O)c1ccc(S(N)(=O)=O)cc1. The van der Waals surface area contributed by atoms with Gasteiger partial charge in [-0.15, -0.1) is 0 Å². The normalized spacial score (nSPS) is 13.5. The molecule has 1 aromatic rings. The van der Waals surface area contributed by atoms with Crippen LogP contribution in [0.2, 0.25) is 0 Å². The Morgan fingerprint density at radius 3 is 2.07 bits per heavy atom. The monoisotopic (exact) mass is 230 g/mol. The van der Waals surface area contributed by atoms with E-state index in [9.17, 15) is 13.2 Å². The summed E-state index contributed by atoms with van der Waals surface area (Å²) in [7, 11) is -3.75. The first-order valence-electron chi connectivity index (χ1n) is 3.93. The van der Waals surface area contributed by atoms with Crippen molar-refractivity contribution in [2.45, 2.75) is 10.9 Å². The molecule has 5 N–H and O–H groups in total. The number of rotatable bonds is 3. The molecule has 0 aliphatic rings. The summed E-state index contributed by atoms with van der Waals surface area (Å²) in [6.07, 6.45) is 0. The van der Waals surface area contributed by atoms with E-state index in [1.807, 2.05) is 0 Å². The van der Waals surface area contributed by atoms with Gasteiger partial charge in [0, 0.05) is 0 Å². The van der Waals surface area contributed by atoms with E-state index in [2.05, 4.69) is 0 Å². The Hall–Kier alpha value is -1.44. The summed E-state index contributed by atoms with van der Waals surface area (Å²) in [5.41, 5.74) is 5.63. The number of sulfonamides is 1. The van der Waals surface area contributed by atoms with Gasteiger partial charge in [-0.1, -0.05) is 12.1 Å². The molecule has 82 valence electrons. The number of carboxylic acids is 1. The summed E-state index contributed by atoms with van der Waals surface area (Å²) in [6.45, 7) is 0. The Kier molecular flexibility index (Phi) is 3.08. The standard InChI is InChI=1S/C8H10N2O4S/c9-7(8(11)12)5-1-3-6(4-2-5)15(10,13)14/h1-4,7H,9H2,(H,11,12)(H2,10,13,14). The lowest BCUT2D eigenvalue weighted by Crippen LogP contribution is -2.20. The second kappa shape index (κ2) is 3.97. The zero-order valence-electron chi connectivity index (χ0n) is 7.62. The number of aliphatic carboxylic acids is 1. The Labute approximate surface area is 86.6 Å². The zero-order chi connectivity index (χ0) is 11.6. The van der Waals surface area contributed by atoms with E-state index in [-0.39, 0.29) is 4.90 Å². The number of primary sulfonamides is 1. The van der Waals surface area contributed by atoms with Crippen LogP contribution in [0.25, 0.3) is 0 Å². The molecule has 1 aromatic carbocycles. The Morgan fingerprint density at radius 2 is 1.73 bits per heavy atom. The molecule has 0 aliphatic carbocycles. The molecule has 6 nitrogen and oxygen atoms in total. The van der Waals surface area contributed by atoms with Crippen molar-refractivity contribution in [1.29, 1.82) is 0 Å². The van der Waals surface area contributed by atoms with Crippen LogP contribution in [0.1, 0.15) is 11.6 Å². The van der Waals surface area contributed by atoms with Crippen LogP contribution in [-0.2, 0) is 14.8 Å². The smallest absolute Gasteiger partial charge is 0.325 e. The van der Waals surface area contributed by atoms with Crippen LogP contribution in [0.5, 0.6) is 0 Å². The maximum absolute atomic E-state index is 10.9. The fourth-order valence-corrected chi connectivity index (χ4v) is 1.52. The van der Waals surface area contributed by atoms with E-state index in [1.54, 1.807) is 0 Å². The predicted molar refractivity (Wildman–Crippen MR) is 52.4 cm³/mol. The fraction of sp³-hybridized carbons (Fsp3) is 0.125. The molecule has 1 atom stereocenters. The fourth-order valence-electron chi connectivity index (χ4n) is 1.01. The molecule has 7 heteroatoms. The molecule has 0 heterocycles. The highest BCUT2D eigenvalue weighted by molar-refractivity contribution is 7.89. The van der Waals surface area contributed by atoms with Crippen LogP contribution in [0.4, 0.5) is 0 Å². The minimum Gasteiger partial charge on any atom is -0.480 e. The van der Waals surface area contributed by atoms with Crippen molar-refractivity contribution >= 4 is 16.0 Å². The van der Waals surface area contributed by atoms with Crippen molar-refractivity contribution in [3.63, 3.8) is 0 Å². The molecule has 1 unspecified atom stereocenters. The van der Waals surface area contributed by atoms with Gasteiger partial charge in [-0.25, -0.2) is 13.6 Å². The summed E-state index contributed by atoms with van der Waals surface area (Å²) < 4.78 is 21.8. The molecule has 0 spiro atoms. The summed E-state index contributed by atoms with van der Waals surface area (Å²) in [4.78, 5) is 10.4. The van der Waals surface area contributed by atoms with Gasteiger partial charge in [0.05, 0.1) is 4.90 Å². The van der Waals surface area contributed by atoms with Crippen molar-refractivity contribution in [2.75, 3.05) is 0 Å². The highest BCUT2D eigenvalue weighted by atomic mass is 32.2. The van der Waals surface area contributed by atoms with Crippen molar-refractivity contribution in [2.24, 2.45) is 10.9 Å². The summed E-state index contributed by atoms with van der Waals surface area (Å²) >= 11 is 0. The van der Waals surface area contributed by atoms with Gasteiger partial charge in [0.25, 0.3) is 0 Å². The molecule has 15 heavy (non-hydrogen) atoms. The molecule has 0 amide bonds. The Balaban J connectivity index is 3.06. The lowest BCUT2D eigenvalue weighted by atomic mass is 10.1. The van der Waals surface area contributed by atoms with Gasteiger partial charge in [-0.2, -0.15) is 0 Å². The first-order valence-corrected chi connectivity index (χ1v) is 5.48. The average molecular weight is 230 g/mol. The highest BCUT2D eigenvalue weighted by Gasteiger charge is 2.15. The van der Waals surface area contributed by atoms with Crippen LogP contribution < -0.4 is 10.9 Å². The summed E-state index contributed by atoms with van der Waals surface area (Å²) in [5.74, 6) is -1.18. The molecule has 1 rings (SSSR count). The molecule has 0 fully saturated rings. The zero-order valence-corrected chi connectivity index (χ0v) is 8.44. The van der Waals surface area contributed by atoms with Crippen LogP contribution >= 0.6 is 0 Å². The second-order valence-electron chi connectivity index (χ2n) is 2.93. The number of hydrogen-bond acceptors (Lipinski definition) is 4. The maximum Gasteiger partial charge on any atom is 0.325 e. The molecule has 0 aliphatic heterocycles. The maximum atomic E-state index is 10.9. The third kappa shape index (κ3) is 2.75. The first-order chi connectivity index (χ1) is 6.82. The number of nitrogens with two attached hydrogens (primary N) is 2. The third-order valence-corrected chi connectivity index (χ3v) is 2.76. The van der Waals surface area contributed by atoms with Gasteiger partial charge in [0.15, 0.2) is 0 Å².